The summed E-state index contributed by atoms with van der Waals surface area (Å²) in [6.45, 7) is 3.15. The van der Waals surface area contributed by atoms with E-state index < -0.39 is 5.97 Å². The summed E-state index contributed by atoms with van der Waals surface area (Å²) in [6, 6.07) is 5.12. The third-order valence-corrected chi connectivity index (χ3v) is 3.40. The molecule has 1 aliphatic rings. The molecular formula is C13H16O4. The molecular weight excluding hydrogens is 220 g/mol. The van der Waals surface area contributed by atoms with Crippen molar-refractivity contribution in [2.24, 2.45) is 0 Å². The van der Waals surface area contributed by atoms with Gasteiger partial charge in [0.15, 0.2) is 0 Å². The van der Waals surface area contributed by atoms with Crippen molar-refractivity contribution < 1.29 is 19.7 Å². The largest absolute Gasteiger partial charge is 0.478 e. The van der Waals surface area contributed by atoms with Gasteiger partial charge in [-0.2, -0.15) is 0 Å². The summed E-state index contributed by atoms with van der Waals surface area (Å²) in [5.41, 5.74) is 2.11. The third kappa shape index (κ3) is 2.06. The Morgan fingerprint density at radius 3 is 2.65 bits per heavy atom. The molecule has 2 rings (SSSR count). The molecule has 0 unspecified atom stereocenters. The predicted octanol–water partition coefficient (Wildman–Crippen LogP) is 1.34. The summed E-state index contributed by atoms with van der Waals surface area (Å²) >= 11 is 0. The molecule has 1 saturated heterocycles. The van der Waals surface area contributed by atoms with Gasteiger partial charge in [-0.15, -0.1) is 0 Å². The molecule has 92 valence electrons. The lowest BCUT2D eigenvalue weighted by Gasteiger charge is -2.42. The van der Waals surface area contributed by atoms with Gasteiger partial charge in [-0.05, 0) is 36.6 Å². The first-order valence-corrected chi connectivity index (χ1v) is 5.62. The minimum absolute atomic E-state index is 0.0834. The molecule has 0 spiro atoms. The summed E-state index contributed by atoms with van der Waals surface area (Å²) in [6.07, 6.45) is 0.608. The van der Waals surface area contributed by atoms with Crippen molar-refractivity contribution in [1.29, 1.82) is 0 Å². The van der Waals surface area contributed by atoms with Gasteiger partial charge in [0.05, 0.1) is 18.8 Å². The Morgan fingerprint density at radius 2 is 2.18 bits per heavy atom. The van der Waals surface area contributed by atoms with Crippen LogP contribution in [0, 0.1) is 6.92 Å². The summed E-state index contributed by atoms with van der Waals surface area (Å²) in [5.74, 6) is -0.925. The third-order valence-electron chi connectivity index (χ3n) is 3.40. The van der Waals surface area contributed by atoms with Crippen molar-refractivity contribution >= 4 is 5.97 Å². The van der Waals surface area contributed by atoms with Crippen LogP contribution < -0.4 is 0 Å². The monoisotopic (exact) mass is 236 g/mol. The van der Waals surface area contributed by atoms with Crippen LogP contribution in [0.15, 0.2) is 18.2 Å². The molecule has 0 aromatic heterocycles. The molecule has 0 radical (unpaired) electrons. The zero-order valence-corrected chi connectivity index (χ0v) is 9.77. The highest BCUT2D eigenvalue weighted by atomic mass is 16.5. The maximum atomic E-state index is 11.0. The maximum absolute atomic E-state index is 11.0. The van der Waals surface area contributed by atoms with Crippen LogP contribution in [0.5, 0.6) is 0 Å². The van der Waals surface area contributed by atoms with Crippen LogP contribution in [0.25, 0.3) is 0 Å². The van der Waals surface area contributed by atoms with Crippen LogP contribution in [0.3, 0.4) is 0 Å². The Morgan fingerprint density at radius 1 is 1.47 bits per heavy atom. The molecule has 1 aromatic carbocycles. The average Bonchev–Trinajstić information content (AvgIpc) is 2.24. The zero-order valence-electron chi connectivity index (χ0n) is 9.77. The van der Waals surface area contributed by atoms with Gasteiger partial charge in [-0.1, -0.05) is 6.07 Å². The molecule has 4 nitrogen and oxygen atoms in total. The lowest BCUT2D eigenvalue weighted by molar-refractivity contribution is -0.0704. The molecule has 0 atom stereocenters. The van der Waals surface area contributed by atoms with E-state index in [1.165, 1.54) is 0 Å². The fraction of sp³-hybridized carbons (Fsp3) is 0.462. The lowest BCUT2D eigenvalue weighted by atomic mass is 9.74. The second-order valence-electron chi connectivity index (χ2n) is 4.58. The number of aromatic carboxylic acids is 1. The highest BCUT2D eigenvalue weighted by Crippen LogP contribution is 2.37. The number of aryl methyl sites for hydroxylation is 1. The lowest BCUT2D eigenvalue weighted by Crippen LogP contribution is -2.48. The van der Waals surface area contributed by atoms with Crippen LogP contribution >= 0.6 is 0 Å². The van der Waals surface area contributed by atoms with Gasteiger partial charge in [0.25, 0.3) is 0 Å². The molecule has 0 saturated carbocycles. The second-order valence-corrected chi connectivity index (χ2v) is 4.58. The number of carboxylic acid groups (broad SMARTS) is 1. The van der Waals surface area contributed by atoms with Crippen molar-refractivity contribution in [3.05, 3.63) is 34.9 Å². The highest BCUT2D eigenvalue weighted by Gasteiger charge is 2.40. The molecule has 17 heavy (non-hydrogen) atoms. The number of carboxylic acids is 1. The van der Waals surface area contributed by atoms with E-state index in [0.29, 0.717) is 19.6 Å². The molecule has 1 heterocycles. The molecule has 1 aromatic rings. The second kappa shape index (κ2) is 4.47. The molecule has 1 fully saturated rings. The van der Waals surface area contributed by atoms with Gasteiger partial charge in [0, 0.05) is 12.0 Å². The minimum atomic E-state index is -0.925. The first-order chi connectivity index (χ1) is 8.09. The van der Waals surface area contributed by atoms with E-state index in [-0.39, 0.29) is 17.6 Å². The first-order valence-electron chi connectivity index (χ1n) is 5.62. The van der Waals surface area contributed by atoms with E-state index in [9.17, 15) is 4.79 Å². The molecule has 0 bridgehead atoms. The van der Waals surface area contributed by atoms with Crippen LogP contribution in [-0.2, 0) is 10.2 Å². The molecule has 0 aliphatic carbocycles. The van der Waals surface area contributed by atoms with E-state index >= 15 is 0 Å². The SMILES string of the molecule is Cc1ccc(C(=O)O)cc1C1(CCO)COC1. The Labute approximate surface area is 99.8 Å². The van der Waals surface area contributed by atoms with Crippen molar-refractivity contribution in [1.82, 2.24) is 0 Å². The van der Waals surface area contributed by atoms with Gasteiger partial charge in [-0.25, -0.2) is 4.79 Å². The summed E-state index contributed by atoms with van der Waals surface area (Å²) in [5, 5.41) is 18.1. The average molecular weight is 236 g/mol. The van der Waals surface area contributed by atoms with Gasteiger partial charge >= 0.3 is 5.97 Å². The normalized spacial score (nSPS) is 17.5. The van der Waals surface area contributed by atoms with Gasteiger partial charge in [-0.3, -0.25) is 0 Å². The molecule has 2 N–H and O–H groups in total. The fourth-order valence-electron chi connectivity index (χ4n) is 2.32. The Hall–Kier alpha value is -1.39. The Balaban J connectivity index is 2.42. The van der Waals surface area contributed by atoms with Crippen molar-refractivity contribution in [2.45, 2.75) is 18.8 Å². The van der Waals surface area contributed by atoms with E-state index in [0.717, 1.165) is 11.1 Å². The Kier molecular flexibility index (Phi) is 3.17. The fourth-order valence-corrected chi connectivity index (χ4v) is 2.32. The van der Waals surface area contributed by atoms with Crippen molar-refractivity contribution in [3.63, 3.8) is 0 Å². The number of carbonyl (C=O) groups is 1. The predicted molar refractivity (Wildman–Crippen MR) is 62.3 cm³/mol. The molecule has 1 aliphatic heterocycles. The standard InChI is InChI=1S/C13H16O4/c1-9-2-3-10(12(15)16)6-11(9)13(4-5-14)7-17-8-13/h2-3,6,14H,4-5,7-8H2,1H3,(H,15,16). The van der Waals surface area contributed by atoms with E-state index in [2.05, 4.69) is 0 Å². The molecule has 4 heteroatoms. The number of aliphatic hydroxyl groups excluding tert-OH is 1. The first kappa shape index (κ1) is 12.1. The highest BCUT2D eigenvalue weighted by molar-refractivity contribution is 5.88. The summed E-state index contributed by atoms with van der Waals surface area (Å²) in [4.78, 5) is 11.0. The van der Waals surface area contributed by atoms with Crippen LogP contribution in [0.4, 0.5) is 0 Å². The number of hydrogen-bond donors (Lipinski definition) is 2. The topological polar surface area (TPSA) is 66.8 Å². The summed E-state index contributed by atoms with van der Waals surface area (Å²) < 4.78 is 5.24. The smallest absolute Gasteiger partial charge is 0.335 e. The van der Waals surface area contributed by atoms with Crippen LogP contribution in [0.1, 0.15) is 27.9 Å². The van der Waals surface area contributed by atoms with E-state index in [1.807, 2.05) is 13.0 Å². The number of hydrogen-bond acceptors (Lipinski definition) is 3. The van der Waals surface area contributed by atoms with Crippen molar-refractivity contribution in [2.75, 3.05) is 19.8 Å². The quantitative estimate of drug-likeness (QED) is 0.828. The van der Waals surface area contributed by atoms with E-state index in [1.54, 1.807) is 12.1 Å². The number of benzene rings is 1. The Bertz CT molecular complexity index is 435. The maximum Gasteiger partial charge on any atom is 0.335 e. The summed E-state index contributed by atoms with van der Waals surface area (Å²) in [7, 11) is 0. The van der Waals surface area contributed by atoms with Crippen molar-refractivity contribution in [3.8, 4) is 0 Å². The van der Waals surface area contributed by atoms with Gasteiger partial charge < -0.3 is 14.9 Å². The molecule has 0 amide bonds. The van der Waals surface area contributed by atoms with Gasteiger partial charge in [0.2, 0.25) is 0 Å². The van der Waals surface area contributed by atoms with Crippen LogP contribution in [-0.4, -0.2) is 36.0 Å². The van der Waals surface area contributed by atoms with Gasteiger partial charge in [0.1, 0.15) is 0 Å². The van der Waals surface area contributed by atoms with Crippen LogP contribution in [0.2, 0.25) is 0 Å². The number of ether oxygens (including phenoxy) is 1. The van der Waals surface area contributed by atoms with E-state index in [4.69, 9.17) is 14.9 Å². The number of rotatable bonds is 4. The zero-order chi connectivity index (χ0) is 12.5. The minimum Gasteiger partial charge on any atom is -0.478 e. The number of aliphatic hydroxyl groups is 1.